The largest absolute Gasteiger partial charge is 0.339 e. The monoisotopic (exact) mass is 309 g/mol. The summed E-state index contributed by atoms with van der Waals surface area (Å²) in [5.74, 6) is 1.15. The highest BCUT2D eigenvalue weighted by atomic mass is 35.5. The van der Waals surface area contributed by atoms with Crippen molar-refractivity contribution < 1.29 is 4.52 Å². The molecular formula is C14H20ClN5O. The van der Waals surface area contributed by atoms with Gasteiger partial charge >= 0.3 is 0 Å². The van der Waals surface area contributed by atoms with E-state index in [4.69, 9.17) is 10.3 Å². The first kappa shape index (κ1) is 15.9. The summed E-state index contributed by atoms with van der Waals surface area (Å²) in [5, 5.41) is 3.99. The molecule has 1 saturated carbocycles. The Balaban J connectivity index is 0.00000161. The van der Waals surface area contributed by atoms with Crippen LogP contribution < -0.4 is 5.73 Å². The fourth-order valence-electron chi connectivity index (χ4n) is 2.92. The number of rotatable bonds is 4. The van der Waals surface area contributed by atoms with E-state index < -0.39 is 0 Å². The zero-order valence-corrected chi connectivity index (χ0v) is 12.7. The molecule has 0 bridgehead atoms. The van der Waals surface area contributed by atoms with Gasteiger partial charge < -0.3 is 10.3 Å². The Hall–Kier alpha value is -1.53. The van der Waals surface area contributed by atoms with Crippen LogP contribution >= 0.6 is 12.4 Å². The van der Waals surface area contributed by atoms with Gasteiger partial charge in [-0.15, -0.1) is 12.4 Å². The summed E-state index contributed by atoms with van der Waals surface area (Å²) in [6.45, 7) is 0.676. The van der Waals surface area contributed by atoms with E-state index in [2.05, 4.69) is 20.1 Å². The second kappa shape index (κ2) is 6.95. The predicted molar refractivity (Wildman–Crippen MR) is 80.8 cm³/mol. The minimum atomic E-state index is 0. The minimum absolute atomic E-state index is 0. The van der Waals surface area contributed by atoms with Crippen molar-refractivity contribution in [3.05, 3.63) is 24.5 Å². The first-order chi connectivity index (χ1) is 9.81. The molecule has 0 radical (unpaired) electrons. The Morgan fingerprint density at radius 3 is 2.67 bits per heavy atom. The van der Waals surface area contributed by atoms with Crippen LogP contribution in [0.2, 0.25) is 0 Å². The van der Waals surface area contributed by atoms with E-state index in [-0.39, 0.29) is 17.8 Å². The first-order valence-electron chi connectivity index (χ1n) is 7.10. The van der Waals surface area contributed by atoms with Gasteiger partial charge in [0.25, 0.3) is 0 Å². The Morgan fingerprint density at radius 2 is 2.00 bits per heavy atom. The molecule has 2 N–H and O–H groups in total. The molecule has 21 heavy (non-hydrogen) atoms. The van der Waals surface area contributed by atoms with Gasteiger partial charge in [0.15, 0.2) is 0 Å². The number of aromatic nitrogens is 4. The van der Waals surface area contributed by atoms with Gasteiger partial charge in [0.1, 0.15) is 5.69 Å². The maximum atomic E-state index is 5.99. The van der Waals surface area contributed by atoms with Crippen LogP contribution in [0.1, 0.15) is 38.0 Å². The third-order valence-corrected chi connectivity index (χ3v) is 4.13. The molecule has 3 rings (SSSR count). The topological polar surface area (TPSA) is 90.7 Å². The third kappa shape index (κ3) is 3.57. The van der Waals surface area contributed by atoms with Crippen LogP contribution in [0.4, 0.5) is 0 Å². The Morgan fingerprint density at radius 1 is 1.19 bits per heavy atom. The second-order valence-corrected chi connectivity index (χ2v) is 5.54. The van der Waals surface area contributed by atoms with Crippen molar-refractivity contribution >= 4 is 12.4 Å². The maximum absolute atomic E-state index is 5.99. The summed E-state index contributed by atoms with van der Waals surface area (Å²) in [7, 11) is 0. The molecule has 0 amide bonds. The van der Waals surface area contributed by atoms with E-state index in [1.165, 1.54) is 19.3 Å². The van der Waals surface area contributed by atoms with Crippen LogP contribution in [0.15, 0.2) is 23.1 Å². The Kier molecular flexibility index (Phi) is 5.25. The molecular weight excluding hydrogens is 290 g/mol. The van der Waals surface area contributed by atoms with Gasteiger partial charge in [0, 0.05) is 18.8 Å². The van der Waals surface area contributed by atoms with Gasteiger partial charge in [0.2, 0.25) is 11.7 Å². The quantitative estimate of drug-likeness (QED) is 0.932. The third-order valence-electron chi connectivity index (χ3n) is 4.13. The van der Waals surface area contributed by atoms with E-state index >= 15 is 0 Å². The van der Waals surface area contributed by atoms with Crippen LogP contribution in [0, 0.1) is 5.41 Å². The minimum Gasteiger partial charge on any atom is -0.339 e. The molecule has 6 nitrogen and oxygen atoms in total. The van der Waals surface area contributed by atoms with Gasteiger partial charge in [0.05, 0.1) is 6.20 Å². The average Bonchev–Trinajstić information content (AvgIpc) is 2.97. The number of hydrogen-bond acceptors (Lipinski definition) is 6. The molecule has 114 valence electrons. The van der Waals surface area contributed by atoms with Crippen LogP contribution in [-0.2, 0) is 6.42 Å². The van der Waals surface area contributed by atoms with Crippen LogP contribution in [0.5, 0.6) is 0 Å². The van der Waals surface area contributed by atoms with Crippen LogP contribution in [0.3, 0.4) is 0 Å². The van der Waals surface area contributed by atoms with Crippen LogP contribution in [-0.4, -0.2) is 26.7 Å². The molecule has 1 aliphatic carbocycles. The zero-order chi connectivity index (χ0) is 13.8. The number of halogens is 1. The summed E-state index contributed by atoms with van der Waals surface area (Å²) < 4.78 is 5.36. The fraction of sp³-hybridized carbons (Fsp3) is 0.571. The van der Waals surface area contributed by atoms with Crippen molar-refractivity contribution in [2.24, 2.45) is 11.1 Å². The predicted octanol–water partition coefficient (Wildman–Crippen LogP) is 2.40. The van der Waals surface area contributed by atoms with Crippen molar-refractivity contribution in [3.8, 4) is 11.5 Å². The first-order valence-corrected chi connectivity index (χ1v) is 7.10. The van der Waals surface area contributed by atoms with Gasteiger partial charge in [-0.3, -0.25) is 4.98 Å². The van der Waals surface area contributed by atoms with E-state index in [9.17, 15) is 0 Å². The summed E-state index contributed by atoms with van der Waals surface area (Å²) in [5.41, 5.74) is 6.75. The van der Waals surface area contributed by atoms with Crippen molar-refractivity contribution in [1.29, 1.82) is 0 Å². The SMILES string of the molecule is Cl.NCC1(Cc2nc(-c3cnccn3)no2)CCCCC1. The van der Waals surface area contributed by atoms with Crippen molar-refractivity contribution in [2.75, 3.05) is 6.54 Å². The van der Waals surface area contributed by atoms with Gasteiger partial charge in [-0.2, -0.15) is 4.98 Å². The van der Waals surface area contributed by atoms with Crippen LogP contribution in [0.25, 0.3) is 11.5 Å². The van der Waals surface area contributed by atoms with Gasteiger partial charge in [-0.1, -0.05) is 24.4 Å². The summed E-state index contributed by atoms with van der Waals surface area (Å²) in [6.07, 6.45) is 11.7. The molecule has 0 atom stereocenters. The lowest BCUT2D eigenvalue weighted by Crippen LogP contribution is -2.35. The molecule has 7 heteroatoms. The highest BCUT2D eigenvalue weighted by molar-refractivity contribution is 5.85. The number of nitrogens with zero attached hydrogens (tertiary/aromatic N) is 4. The number of hydrogen-bond donors (Lipinski definition) is 1. The van der Waals surface area contributed by atoms with Gasteiger partial charge in [-0.05, 0) is 24.8 Å². The Bertz CT molecular complexity index is 554. The lowest BCUT2D eigenvalue weighted by Gasteiger charge is -2.34. The Labute approximate surface area is 130 Å². The maximum Gasteiger partial charge on any atom is 0.227 e. The van der Waals surface area contributed by atoms with Crippen molar-refractivity contribution in [1.82, 2.24) is 20.1 Å². The molecule has 1 fully saturated rings. The molecule has 0 unspecified atom stereocenters. The van der Waals surface area contributed by atoms with Crippen molar-refractivity contribution in [2.45, 2.75) is 38.5 Å². The lowest BCUT2D eigenvalue weighted by molar-refractivity contribution is 0.177. The average molecular weight is 310 g/mol. The van der Waals surface area contributed by atoms with E-state index in [0.717, 1.165) is 19.3 Å². The summed E-state index contributed by atoms with van der Waals surface area (Å²) in [4.78, 5) is 12.6. The molecule has 2 aromatic rings. The fourth-order valence-corrected chi connectivity index (χ4v) is 2.92. The molecule has 0 spiro atoms. The number of nitrogens with two attached hydrogens (primary N) is 1. The normalized spacial score (nSPS) is 17.2. The molecule has 2 heterocycles. The molecule has 0 aromatic carbocycles. The van der Waals surface area contributed by atoms with Gasteiger partial charge in [-0.25, -0.2) is 4.98 Å². The standard InChI is InChI=1S/C14H19N5O.ClH/c15-10-14(4-2-1-3-5-14)8-12-18-13(19-20-12)11-9-16-6-7-17-11;/h6-7,9H,1-5,8,10,15H2;1H. The lowest BCUT2D eigenvalue weighted by atomic mass is 9.72. The smallest absolute Gasteiger partial charge is 0.227 e. The second-order valence-electron chi connectivity index (χ2n) is 5.54. The van der Waals surface area contributed by atoms with E-state index in [1.807, 2.05) is 0 Å². The van der Waals surface area contributed by atoms with Crippen molar-refractivity contribution in [3.63, 3.8) is 0 Å². The summed E-state index contributed by atoms with van der Waals surface area (Å²) >= 11 is 0. The van der Waals surface area contributed by atoms with E-state index in [1.54, 1.807) is 18.6 Å². The molecule has 2 aromatic heterocycles. The van der Waals surface area contributed by atoms with E-state index in [0.29, 0.717) is 24.0 Å². The molecule has 0 aliphatic heterocycles. The highest BCUT2D eigenvalue weighted by Gasteiger charge is 2.33. The molecule has 1 aliphatic rings. The zero-order valence-electron chi connectivity index (χ0n) is 11.9. The highest BCUT2D eigenvalue weighted by Crippen LogP contribution is 2.38. The molecule has 0 saturated heterocycles. The summed E-state index contributed by atoms with van der Waals surface area (Å²) in [6, 6.07) is 0.